The molecular weight excluding hydrogens is 456 g/mol. The number of hydrogen-bond donors (Lipinski definition) is 0. The van der Waals surface area contributed by atoms with Gasteiger partial charge in [0.15, 0.2) is 6.35 Å². The molecule has 0 fully saturated rings. The van der Waals surface area contributed by atoms with E-state index in [1.165, 1.54) is 27.7 Å². The van der Waals surface area contributed by atoms with Crippen LogP contribution in [0.25, 0.3) is 0 Å². The smallest absolute Gasteiger partial charge is 0.432 e. The molecule has 0 N–H and O–H groups in total. The Labute approximate surface area is 164 Å². The van der Waals surface area contributed by atoms with E-state index in [9.17, 15) is 35.7 Å². The average molecular weight is 476 g/mol. The first kappa shape index (κ1) is 27.4. The lowest BCUT2D eigenvalue weighted by Crippen LogP contribution is -2.26. The number of halogens is 3. The maximum absolute atomic E-state index is 12.3. The molecule has 0 amide bonds. The van der Waals surface area contributed by atoms with Crippen LogP contribution in [0.3, 0.4) is 0 Å². The van der Waals surface area contributed by atoms with Crippen molar-refractivity contribution in [2.75, 3.05) is 19.9 Å². The first-order chi connectivity index (χ1) is 13.1. The SMILES string of the molecule is CC(C)OC(=O)OCOP(=O)(COS(=O)(=O)C(F)(F)F)OCOC(=O)OC(C)C. The van der Waals surface area contributed by atoms with Gasteiger partial charge in [-0.15, -0.1) is 0 Å². The summed E-state index contributed by atoms with van der Waals surface area (Å²) in [6.45, 7) is 3.54. The van der Waals surface area contributed by atoms with Crippen molar-refractivity contribution in [2.24, 2.45) is 0 Å². The first-order valence-corrected chi connectivity index (χ1v) is 10.7. The molecule has 0 aromatic heterocycles. The predicted molar refractivity (Wildman–Crippen MR) is 85.8 cm³/mol. The highest BCUT2D eigenvalue weighted by atomic mass is 32.2. The van der Waals surface area contributed by atoms with Crippen molar-refractivity contribution >= 4 is 30.0 Å². The zero-order chi connectivity index (χ0) is 22.9. The molecule has 29 heavy (non-hydrogen) atoms. The Bertz CT molecular complexity index is 659. The number of alkyl halides is 3. The molecule has 0 radical (unpaired) electrons. The number of ether oxygens (including phenoxy) is 4. The minimum absolute atomic E-state index is 0.591. The van der Waals surface area contributed by atoms with Crippen LogP contribution >= 0.6 is 7.60 Å². The Kier molecular flexibility index (Phi) is 10.9. The molecule has 0 aromatic rings. The molecule has 0 aliphatic heterocycles. The minimum atomic E-state index is -6.14. The molecule has 0 heterocycles. The fourth-order valence-corrected chi connectivity index (χ4v) is 2.93. The minimum Gasteiger partial charge on any atom is -0.432 e. The largest absolute Gasteiger partial charge is 0.523 e. The maximum Gasteiger partial charge on any atom is 0.523 e. The highest BCUT2D eigenvalue weighted by Crippen LogP contribution is 2.49. The van der Waals surface area contributed by atoms with E-state index in [1.54, 1.807) is 0 Å². The lowest BCUT2D eigenvalue weighted by Gasteiger charge is -2.18. The quantitative estimate of drug-likeness (QED) is 0.142. The molecule has 172 valence electrons. The van der Waals surface area contributed by atoms with Gasteiger partial charge in [-0.05, 0) is 27.7 Å². The van der Waals surface area contributed by atoms with Crippen LogP contribution in [0, 0.1) is 0 Å². The predicted octanol–water partition coefficient (Wildman–Crippen LogP) is 3.07. The zero-order valence-corrected chi connectivity index (χ0v) is 17.4. The van der Waals surface area contributed by atoms with Gasteiger partial charge in [-0.3, -0.25) is 17.8 Å². The molecule has 0 saturated heterocycles. The second-order valence-corrected chi connectivity index (χ2v) is 8.98. The van der Waals surface area contributed by atoms with Crippen LogP contribution in [0.2, 0.25) is 0 Å². The fraction of sp³-hybridized carbons (Fsp3) is 0.833. The molecule has 17 heteroatoms. The Morgan fingerprint density at radius 3 is 1.59 bits per heavy atom. The normalized spacial score (nSPS) is 12.7. The third kappa shape index (κ3) is 11.9. The zero-order valence-electron chi connectivity index (χ0n) is 15.7. The summed E-state index contributed by atoms with van der Waals surface area (Å²) in [6, 6.07) is 0. The molecule has 0 spiro atoms. The van der Waals surface area contributed by atoms with E-state index in [4.69, 9.17) is 0 Å². The summed E-state index contributed by atoms with van der Waals surface area (Å²) >= 11 is 0. The van der Waals surface area contributed by atoms with Gasteiger partial charge in [0.05, 0.1) is 12.2 Å². The summed E-state index contributed by atoms with van der Waals surface area (Å²) in [5.41, 5.74) is -5.81. The molecule has 0 rings (SSSR count). The molecule has 0 aliphatic carbocycles. The molecule has 0 bridgehead atoms. The van der Waals surface area contributed by atoms with Crippen LogP contribution in [-0.4, -0.2) is 58.4 Å². The molecule has 0 aliphatic rings. The van der Waals surface area contributed by atoms with E-state index >= 15 is 0 Å². The van der Waals surface area contributed by atoms with Gasteiger partial charge in [0.2, 0.25) is 13.6 Å². The van der Waals surface area contributed by atoms with Gasteiger partial charge < -0.3 is 18.9 Å². The van der Waals surface area contributed by atoms with Gasteiger partial charge >= 0.3 is 35.5 Å². The van der Waals surface area contributed by atoms with Gasteiger partial charge in [0.1, 0.15) is 0 Å². The molecule has 12 nitrogen and oxygen atoms in total. The number of carbonyl (C=O) groups excluding carboxylic acids is 2. The lowest BCUT2D eigenvalue weighted by molar-refractivity contribution is -0.0542. The standard InChI is InChI=1S/C12H20F3O12PS/c1-8(2)26-10(16)21-5-23-28(18,7-25-29(19,20)12(13,14)15)24-6-22-11(17)27-9(3)4/h8-9H,5-7H2,1-4H3. The van der Waals surface area contributed by atoms with Gasteiger partial charge in [0.25, 0.3) is 0 Å². The van der Waals surface area contributed by atoms with Crippen LogP contribution in [0.1, 0.15) is 27.7 Å². The Balaban J connectivity index is 4.95. The van der Waals surface area contributed by atoms with Crippen LogP contribution in [0.4, 0.5) is 22.8 Å². The average Bonchev–Trinajstić information content (AvgIpc) is 2.50. The summed E-state index contributed by atoms with van der Waals surface area (Å²) in [6.07, 6.45) is -5.52. The summed E-state index contributed by atoms with van der Waals surface area (Å²) in [4.78, 5) is 22.4. The van der Waals surface area contributed by atoms with E-state index in [1.807, 2.05) is 0 Å². The van der Waals surface area contributed by atoms with Gasteiger partial charge in [-0.25, -0.2) is 9.59 Å². The Hall–Kier alpha value is -1.61. The van der Waals surface area contributed by atoms with Crippen LogP contribution in [-0.2, 0) is 46.9 Å². The third-order valence-electron chi connectivity index (χ3n) is 2.17. The third-order valence-corrected chi connectivity index (χ3v) is 4.78. The van der Waals surface area contributed by atoms with Crippen molar-refractivity contribution in [1.29, 1.82) is 0 Å². The summed E-state index contributed by atoms with van der Waals surface area (Å²) in [5, 5.41) is 0. The van der Waals surface area contributed by atoms with Crippen LogP contribution in [0.5, 0.6) is 0 Å². The van der Waals surface area contributed by atoms with Gasteiger partial charge in [0, 0.05) is 0 Å². The monoisotopic (exact) mass is 476 g/mol. The Morgan fingerprint density at radius 1 is 0.897 bits per heavy atom. The van der Waals surface area contributed by atoms with Crippen LogP contribution in [0.15, 0.2) is 0 Å². The molecule has 0 unspecified atom stereocenters. The van der Waals surface area contributed by atoms with E-state index in [0.29, 0.717) is 0 Å². The molecule has 0 atom stereocenters. The molecule has 0 saturated carbocycles. The molecule has 0 aromatic carbocycles. The van der Waals surface area contributed by atoms with Crippen molar-refractivity contribution < 1.29 is 67.9 Å². The van der Waals surface area contributed by atoms with E-state index < -0.39 is 67.7 Å². The number of rotatable bonds is 11. The number of carbonyl (C=O) groups is 2. The summed E-state index contributed by atoms with van der Waals surface area (Å²) in [7, 11) is -11.0. The van der Waals surface area contributed by atoms with E-state index in [0.717, 1.165) is 0 Å². The van der Waals surface area contributed by atoms with Crippen molar-refractivity contribution in [2.45, 2.75) is 45.4 Å². The van der Waals surface area contributed by atoms with Crippen molar-refractivity contribution in [3.8, 4) is 0 Å². The van der Waals surface area contributed by atoms with Crippen molar-refractivity contribution in [3.05, 3.63) is 0 Å². The van der Waals surface area contributed by atoms with Gasteiger partial charge in [-0.1, -0.05) is 0 Å². The highest BCUT2D eigenvalue weighted by Gasteiger charge is 2.48. The maximum atomic E-state index is 12.3. The van der Waals surface area contributed by atoms with Crippen LogP contribution < -0.4 is 0 Å². The number of hydrogen-bond acceptors (Lipinski definition) is 12. The second-order valence-electron chi connectivity index (χ2n) is 5.37. The molecular formula is C12H20F3O12PS. The van der Waals surface area contributed by atoms with Crippen molar-refractivity contribution in [1.82, 2.24) is 0 Å². The highest BCUT2D eigenvalue weighted by molar-refractivity contribution is 7.87. The topological polar surface area (TPSA) is 150 Å². The first-order valence-electron chi connectivity index (χ1n) is 7.58. The van der Waals surface area contributed by atoms with E-state index in [-0.39, 0.29) is 0 Å². The summed E-state index contributed by atoms with van der Waals surface area (Å²) in [5.74, 6) is 0. The van der Waals surface area contributed by atoms with Gasteiger partial charge in [-0.2, -0.15) is 21.6 Å². The summed E-state index contributed by atoms with van der Waals surface area (Å²) < 4.78 is 101. The van der Waals surface area contributed by atoms with E-state index in [2.05, 4.69) is 32.2 Å². The lowest BCUT2D eigenvalue weighted by atomic mass is 10.5. The fourth-order valence-electron chi connectivity index (χ4n) is 1.08. The Morgan fingerprint density at radius 2 is 1.28 bits per heavy atom. The van der Waals surface area contributed by atoms with Crippen molar-refractivity contribution in [3.63, 3.8) is 0 Å². The second kappa shape index (κ2) is 11.5.